The molecule has 0 aliphatic heterocycles. The number of benzene rings is 2. The number of aromatic hydroxyl groups is 2. The number of ether oxygens (including phenoxy) is 3. The Balaban J connectivity index is 2.12. The normalized spacial score (nSPS) is 10.8. The molecular formula is C21H24N2O6. The number of hydrogen-bond donors (Lipinski definition) is 3. The van der Waals surface area contributed by atoms with Crippen LogP contribution in [0.1, 0.15) is 6.92 Å². The quantitative estimate of drug-likeness (QED) is 0.534. The molecule has 2 aromatic carbocycles. The van der Waals surface area contributed by atoms with E-state index in [4.69, 9.17) is 14.2 Å². The maximum atomic E-state index is 10.1. The molecule has 0 spiro atoms. The Labute approximate surface area is 168 Å². The molecule has 0 unspecified atom stereocenters. The van der Waals surface area contributed by atoms with E-state index >= 15 is 0 Å². The summed E-state index contributed by atoms with van der Waals surface area (Å²) in [7, 11) is 2.92. The Morgan fingerprint density at radius 2 is 1.59 bits per heavy atom. The first-order chi connectivity index (χ1) is 14.0. The highest BCUT2D eigenvalue weighted by Gasteiger charge is 2.17. The summed E-state index contributed by atoms with van der Waals surface area (Å²) < 4.78 is 17.6. The lowest BCUT2D eigenvalue weighted by Gasteiger charge is -2.10. The third-order valence-electron chi connectivity index (χ3n) is 4.42. The van der Waals surface area contributed by atoms with Crippen molar-refractivity contribution in [1.29, 1.82) is 0 Å². The van der Waals surface area contributed by atoms with Gasteiger partial charge in [-0.25, -0.2) is 0 Å². The first kappa shape index (κ1) is 20.3. The van der Waals surface area contributed by atoms with Crippen molar-refractivity contribution in [3.8, 4) is 51.3 Å². The van der Waals surface area contributed by atoms with Gasteiger partial charge in [-0.3, -0.25) is 4.68 Å². The van der Waals surface area contributed by atoms with Gasteiger partial charge in [0.25, 0.3) is 0 Å². The van der Waals surface area contributed by atoms with Crippen LogP contribution in [0.2, 0.25) is 0 Å². The lowest BCUT2D eigenvalue weighted by molar-refractivity contribution is 0.270. The lowest BCUT2D eigenvalue weighted by atomic mass is 10.1. The standard InChI is InChI=1S/C21H24N2O6/c1-4-29-18-9-13(5-6-17(18)25)16-12-15(22-23(16)7-8-24)14-10-19(27-2)21(26)20(11-14)28-3/h5-6,9-12,24-26H,4,7-8H2,1-3H3. The molecule has 0 aliphatic carbocycles. The molecule has 0 amide bonds. The summed E-state index contributed by atoms with van der Waals surface area (Å²) in [6, 6.07) is 10.2. The molecule has 0 radical (unpaired) electrons. The van der Waals surface area contributed by atoms with Crippen molar-refractivity contribution in [1.82, 2.24) is 9.78 Å². The minimum Gasteiger partial charge on any atom is -0.504 e. The van der Waals surface area contributed by atoms with Crippen molar-refractivity contribution in [2.75, 3.05) is 27.4 Å². The average Bonchev–Trinajstić information content (AvgIpc) is 3.14. The summed E-state index contributed by atoms with van der Waals surface area (Å²) in [6.07, 6.45) is 0. The van der Waals surface area contributed by atoms with Crippen LogP contribution < -0.4 is 14.2 Å². The number of aromatic nitrogens is 2. The molecule has 154 valence electrons. The van der Waals surface area contributed by atoms with Gasteiger partial charge in [0.15, 0.2) is 23.0 Å². The van der Waals surface area contributed by atoms with Gasteiger partial charge in [0.05, 0.1) is 45.4 Å². The minimum absolute atomic E-state index is 0.0528. The Kier molecular flexibility index (Phi) is 6.13. The average molecular weight is 400 g/mol. The van der Waals surface area contributed by atoms with Crippen LogP contribution in [0, 0.1) is 0 Å². The largest absolute Gasteiger partial charge is 0.504 e. The molecule has 0 aliphatic rings. The number of hydrogen-bond acceptors (Lipinski definition) is 7. The first-order valence-electron chi connectivity index (χ1n) is 9.12. The second kappa shape index (κ2) is 8.74. The molecular weight excluding hydrogens is 376 g/mol. The van der Waals surface area contributed by atoms with Crippen LogP contribution >= 0.6 is 0 Å². The van der Waals surface area contributed by atoms with Crippen LogP contribution in [0.5, 0.6) is 28.7 Å². The van der Waals surface area contributed by atoms with Crippen LogP contribution in [-0.4, -0.2) is 52.5 Å². The van der Waals surface area contributed by atoms with Crippen molar-refractivity contribution in [3.63, 3.8) is 0 Å². The molecule has 3 aromatic rings. The highest BCUT2D eigenvalue weighted by molar-refractivity contribution is 5.73. The number of rotatable bonds is 8. The molecule has 29 heavy (non-hydrogen) atoms. The van der Waals surface area contributed by atoms with E-state index in [2.05, 4.69) is 5.10 Å². The van der Waals surface area contributed by atoms with Gasteiger partial charge < -0.3 is 29.5 Å². The first-order valence-corrected chi connectivity index (χ1v) is 9.12. The van der Waals surface area contributed by atoms with Crippen LogP contribution in [0.15, 0.2) is 36.4 Å². The van der Waals surface area contributed by atoms with E-state index in [1.165, 1.54) is 14.2 Å². The second-order valence-electron chi connectivity index (χ2n) is 6.21. The number of methoxy groups -OCH3 is 2. The van der Waals surface area contributed by atoms with E-state index in [-0.39, 0.29) is 36.1 Å². The predicted molar refractivity (Wildman–Crippen MR) is 108 cm³/mol. The van der Waals surface area contributed by atoms with Crippen molar-refractivity contribution in [2.45, 2.75) is 13.5 Å². The van der Waals surface area contributed by atoms with Gasteiger partial charge in [0, 0.05) is 11.1 Å². The molecule has 0 saturated heterocycles. The van der Waals surface area contributed by atoms with Gasteiger partial charge in [-0.15, -0.1) is 0 Å². The molecule has 0 atom stereocenters. The van der Waals surface area contributed by atoms with Crippen molar-refractivity contribution in [3.05, 3.63) is 36.4 Å². The molecule has 8 heteroatoms. The summed E-state index contributed by atoms with van der Waals surface area (Å²) in [5, 5.41) is 34.2. The van der Waals surface area contributed by atoms with Gasteiger partial charge in [-0.05, 0) is 43.3 Å². The fraction of sp³-hybridized carbons (Fsp3) is 0.286. The van der Waals surface area contributed by atoms with Crippen LogP contribution in [0.3, 0.4) is 0 Å². The van der Waals surface area contributed by atoms with Crippen LogP contribution in [0.4, 0.5) is 0 Å². The van der Waals surface area contributed by atoms with E-state index in [1.807, 2.05) is 13.0 Å². The fourth-order valence-corrected chi connectivity index (χ4v) is 3.04. The molecule has 1 heterocycles. The molecule has 3 rings (SSSR count). The zero-order valence-electron chi connectivity index (χ0n) is 16.5. The van der Waals surface area contributed by atoms with E-state index < -0.39 is 0 Å². The zero-order valence-corrected chi connectivity index (χ0v) is 16.5. The Bertz CT molecular complexity index is 974. The minimum atomic E-state index is -0.0905. The maximum Gasteiger partial charge on any atom is 0.200 e. The number of phenols is 2. The van der Waals surface area contributed by atoms with Gasteiger partial charge >= 0.3 is 0 Å². The zero-order chi connectivity index (χ0) is 21.0. The van der Waals surface area contributed by atoms with E-state index in [0.29, 0.717) is 23.6 Å². The summed E-state index contributed by atoms with van der Waals surface area (Å²) >= 11 is 0. The molecule has 1 aromatic heterocycles. The van der Waals surface area contributed by atoms with E-state index in [9.17, 15) is 15.3 Å². The maximum absolute atomic E-state index is 10.1. The highest BCUT2D eigenvalue weighted by atomic mass is 16.5. The predicted octanol–water partition coefficient (Wildman–Crippen LogP) is 3.04. The van der Waals surface area contributed by atoms with Gasteiger partial charge in [-0.2, -0.15) is 5.10 Å². The van der Waals surface area contributed by atoms with Gasteiger partial charge in [-0.1, -0.05) is 0 Å². The van der Waals surface area contributed by atoms with Crippen LogP contribution in [0.25, 0.3) is 22.5 Å². The molecule has 3 N–H and O–H groups in total. The number of aliphatic hydroxyl groups is 1. The Morgan fingerprint density at radius 3 is 2.17 bits per heavy atom. The molecule has 0 saturated carbocycles. The summed E-state index contributed by atoms with van der Waals surface area (Å²) in [5.41, 5.74) is 2.80. The van der Waals surface area contributed by atoms with Crippen molar-refractivity contribution < 1.29 is 29.5 Å². The molecule has 0 fully saturated rings. The van der Waals surface area contributed by atoms with Gasteiger partial charge in [0.2, 0.25) is 5.75 Å². The molecule has 8 nitrogen and oxygen atoms in total. The number of nitrogens with zero attached hydrogens (tertiary/aromatic N) is 2. The molecule has 0 bridgehead atoms. The van der Waals surface area contributed by atoms with Crippen molar-refractivity contribution in [2.24, 2.45) is 0 Å². The SMILES string of the molecule is CCOc1cc(-c2cc(-c3cc(OC)c(O)c(OC)c3)nn2CCO)ccc1O. The smallest absolute Gasteiger partial charge is 0.200 e. The number of phenolic OH excluding ortho intramolecular Hbond substituents is 2. The summed E-state index contributed by atoms with van der Waals surface area (Å²) in [5.74, 6) is 0.865. The third kappa shape index (κ3) is 4.07. The highest BCUT2D eigenvalue weighted by Crippen LogP contribution is 2.41. The second-order valence-corrected chi connectivity index (χ2v) is 6.21. The van der Waals surface area contributed by atoms with Gasteiger partial charge in [0.1, 0.15) is 0 Å². The van der Waals surface area contributed by atoms with Crippen molar-refractivity contribution >= 4 is 0 Å². The Hall–Kier alpha value is -3.39. The number of aliphatic hydroxyl groups excluding tert-OH is 1. The monoisotopic (exact) mass is 400 g/mol. The third-order valence-corrected chi connectivity index (χ3v) is 4.42. The van der Waals surface area contributed by atoms with E-state index in [0.717, 1.165) is 11.3 Å². The Morgan fingerprint density at radius 1 is 0.931 bits per heavy atom. The lowest BCUT2D eigenvalue weighted by Crippen LogP contribution is -2.06. The topological polar surface area (TPSA) is 106 Å². The van der Waals surface area contributed by atoms with E-state index in [1.54, 1.807) is 35.0 Å². The summed E-state index contributed by atoms with van der Waals surface area (Å²) in [4.78, 5) is 0. The summed E-state index contributed by atoms with van der Waals surface area (Å²) in [6.45, 7) is 2.45. The van der Waals surface area contributed by atoms with Crippen LogP contribution in [-0.2, 0) is 6.54 Å². The fourth-order valence-electron chi connectivity index (χ4n) is 3.04.